The molecule has 1 atom stereocenters. The van der Waals surface area contributed by atoms with Gasteiger partial charge in [0.2, 0.25) is 0 Å². The van der Waals surface area contributed by atoms with Crippen LogP contribution in [-0.4, -0.2) is 37.2 Å². The SMILES string of the molecule is CC\C=C/C=C\C=C/C=C\C=C\C=C/C=C\CCCCCC(=O)OCC(COC(=O)CCCCC\C=C/C=C\C=C/C=C\CC)OC(=O)CCCCC/C=C\C/C=C\C/C=C\C/C=C\C/C=C\CC. The molecule has 0 spiro atoms. The van der Waals surface area contributed by atoms with Crippen LogP contribution in [0, 0.1) is 0 Å². The van der Waals surface area contributed by atoms with E-state index in [1.165, 1.54) is 0 Å². The van der Waals surface area contributed by atoms with Crippen molar-refractivity contribution in [2.24, 2.45) is 0 Å². The van der Waals surface area contributed by atoms with E-state index in [-0.39, 0.29) is 50.4 Å². The smallest absolute Gasteiger partial charge is 0.306 e. The molecule has 0 saturated heterocycles. The summed E-state index contributed by atoms with van der Waals surface area (Å²) in [7, 11) is 0. The first-order valence-electron chi connectivity index (χ1n) is 26.1. The van der Waals surface area contributed by atoms with Crippen molar-refractivity contribution in [1.82, 2.24) is 0 Å². The summed E-state index contributed by atoms with van der Waals surface area (Å²) in [6.45, 7) is 6.09. The molecule has 0 rings (SSSR count). The van der Waals surface area contributed by atoms with Gasteiger partial charge in [-0.1, -0.05) is 234 Å². The van der Waals surface area contributed by atoms with E-state index >= 15 is 0 Å². The lowest BCUT2D eigenvalue weighted by Crippen LogP contribution is -2.30. The van der Waals surface area contributed by atoms with E-state index in [0.717, 1.165) is 103 Å². The highest BCUT2D eigenvalue weighted by molar-refractivity contribution is 5.71. The van der Waals surface area contributed by atoms with Crippen LogP contribution in [-0.2, 0) is 28.6 Å². The van der Waals surface area contributed by atoms with Gasteiger partial charge in [0.15, 0.2) is 6.10 Å². The molecule has 6 nitrogen and oxygen atoms in total. The van der Waals surface area contributed by atoms with Crippen molar-refractivity contribution >= 4 is 17.9 Å². The van der Waals surface area contributed by atoms with Gasteiger partial charge in [-0.05, 0) is 103 Å². The molecule has 6 heteroatoms. The predicted octanol–water partition coefficient (Wildman–Crippen LogP) is 17.5. The summed E-state index contributed by atoms with van der Waals surface area (Å²) < 4.78 is 16.7. The van der Waals surface area contributed by atoms with Crippen molar-refractivity contribution in [3.63, 3.8) is 0 Å². The van der Waals surface area contributed by atoms with Gasteiger partial charge in [-0.3, -0.25) is 14.4 Å². The summed E-state index contributed by atoms with van der Waals surface area (Å²) in [5.41, 5.74) is 0. The van der Waals surface area contributed by atoms with Crippen molar-refractivity contribution in [2.45, 2.75) is 168 Å². The molecule has 0 heterocycles. The Labute approximate surface area is 420 Å². The third-order valence-corrected chi connectivity index (χ3v) is 9.86. The number of rotatable bonds is 43. The highest BCUT2D eigenvalue weighted by Gasteiger charge is 2.19. The number of ether oxygens (including phenoxy) is 3. The fourth-order valence-corrected chi connectivity index (χ4v) is 6.05. The van der Waals surface area contributed by atoms with Gasteiger partial charge in [-0.25, -0.2) is 0 Å². The van der Waals surface area contributed by atoms with Gasteiger partial charge in [-0.2, -0.15) is 0 Å². The fourth-order valence-electron chi connectivity index (χ4n) is 6.05. The number of allylic oxidation sites excluding steroid dienone is 32. The number of carbonyl (C=O) groups is 3. The first-order chi connectivity index (χ1) is 34.0. The van der Waals surface area contributed by atoms with Crippen LogP contribution >= 0.6 is 0 Å². The lowest BCUT2D eigenvalue weighted by Gasteiger charge is -2.18. The molecule has 0 bridgehead atoms. The van der Waals surface area contributed by atoms with Gasteiger partial charge in [0.05, 0.1) is 0 Å². The second-order valence-corrected chi connectivity index (χ2v) is 16.2. The van der Waals surface area contributed by atoms with Crippen molar-refractivity contribution in [3.05, 3.63) is 194 Å². The van der Waals surface area contributed by atoms with Gasteiger partial charge >= 0.3 is 17.9 Å². The van der Waals surface area contributed by atoms with Crippen LogP contribution in [0.2, 0.25) is 0 Å². The largest absolute Gasteiger partial charge is 0.462 e. The number of unbranched alkanes of at least 4 members (excludes halogenated alkanes) is 9. The molecule has 0 aromatic heterocycles. The van der Waals surface area contributed by atoms with E-state index in [9.17, 15) is 14.4 Å². The Morgan fingerprint density at radius 1 is 0.304 bits per heavy atom. The summed E-state index contributed by atoms with van der Waals surface area (Å²) in [4.78, 5) is 38.0. The van der Waals surface area contributed by atoms with Gasteiger partial charge < -0.3 is 14.2 Å². The Morgan fingerprint density at radius 3 is 0.957 bits per heavy atom. The molecule has 0 saturated carbocycles. The Kier molecular flexibility index (Phi) is 50.3. The first-order valence-corrected chi connectivity index (χ1v) is 26.1. The average molecular weight is 943 g/mol. The number of hydrogen-bond donors (Lipinski definition) is 0. The molecule has 0 aliphatic heterocycles. The van der Waals surface area contributed by atoms with Crippen LogP contribution in [0.5, 0.6) is 0 Å². The fraction of sp³-hybridized carbons (Fsp3) is 0.444. The van der Waals surface area contributed by atoms with Gasteiger partial charge in [0, 0.05) is 19.3 Å². The summed E-state index contributed by atoms with van der Waals surface area (Å²) >= 11 is 0. The zero-order valence-corrected chi connectivity index (χ0v) is 43.0. The third-order valence-electron chi connectivity index (χ3n) is 9.86. The number of carbonyl (C=O) groups excluding carboxylic acids is 3. The molecule has 69 heavy (non-hydrogen) atoms. The van der Waals surface area contributed by atoms with Crippen molar-refractivity contribution in [3.8, 4) is 0 Å². The van der Waals surface area contributed by atoms with Crippen LogP contribution < -0.4 is 0 Å². The predicted molar refractivity (Wildman–Crippen MR) is 297 cm³/mol. The van der Waals surface area contributed by atoms with Gasteiger partial charge in [0.25, 0.3) is 0 Å². The maximum atomic E-state index is 12.8. The monoisotopic (exact) mass is 943 g/mol. The van der Waals surface area contributed by atoms with Crippen molar-refractivity contribution < 1.29 is 28.6 Å². The van der Waals surface area contributed by atoms with Crippen LogP contribution in [0.15, 0.2) is 194 Å². The third kappa shape index (κ3) is 53.1. The van der Waals surface area contributed by atoms with E-state index in [0.29, 0.717) is 19.3 Å². The van der Waals surface area contributed by atoms with Gasteiger partial charge in [0.1, 0.15) is 13.2 Å². The maximum absolute atomic E-state index is 12.8. The molecule has 0 aliphatic rings. The van der Waals surface area contributed by atoms with Crippen LogP contribution in [0.4, 0.5) is 0 Å². The molecular formula is C63H90O6. The van der Waals surface area contributed by atoms with E-state index in [1.807, 2.05) is 109 Å². The topological polar surface area (TPSA) is 78.9 Å². The molecule has 378 valence electrons. The number of hydrogen-bond acceptors (Lipinski definition) is 6. The molecule has 0 aliphatic carbocycles. The number of esters is 3. The van der Waals surface area contributed by atoms with Crippen LogP contribution in [0.3, 0.4) is 0 Å². The Balaban J connectivity index is 4.66. The summed E-state index contributed by atoms with van der Waals surface area (Å²) in [6.07, 6.45) is 84.1. The van der Waals surface area contributed by atoms with Crippen LogP contribution in [0.25, 0.3) is 0 Å². The normalized spacial score (nSPS) is 13.7. The summed E-state index contributed by atoms with van der Waals surface area (Å²) in [5, 5.41) is 0. The minimum absolute atomic E-state index is 0.139. The second-order valence-electron chi connectivity index (χ2n) is 16.2. The van der Waals surface area contributed by atoms with E-state index in [1.54, 1.807) is 0 Å². The maximum Gasteiger partial charge on any atom is 0.306 e. The Morgan fingerprint density at radius 2 is 0.594 bits per heavy atom. The lowest BCUT2D eigenvalue weighted by atomic mass is 10.1. The summed E-state index contributed by atoms with van der Waals surface area (Å²) in [5.74, 6) is -1.07. The first kappa shape index (κ1) is 63.2. The van der Waals surface area contributed by atoms with Crippen molar-refractivity contribution in [1.29, 1.82) is 0 Å². The summed E-state index contributed by atoms with van der Waals surface area (Å²) in [6, 6.07) is 0. The minimum atomic E-state index is -0.844. The Hall–Kier alpha value is -5.75. The van der Waals surface area contributed by atoms with E-state index < -0.39 is 6.10 Å². The molecule has 0 radical (unpaired) electrons. The molecule has 0 aromatic rings. The zero-order chi connectivity index (χ0) is 50.0. The average Bonchev–Trinajstić information content (AvgIpc) is 3.35. The molecule has 0 fully saturated rings. The quantitative estimate of drug-likeness (QED) is 0.0199. The Bertz CT molecular complexity index is 1750. The molecular weight excluding hydrogens is 853 g/mol. The highest BCUT2D eigenvalue weighted by Crippen LogP contribution is 2.11. The molecule has 0 aromatic carbocycles. The molecule has 0 N–H and O–H groups in total. The standard InChI is InChI=1S/C63H90O6/c1-4-7-10-13-16-19-22-25-27-29-31-33-35-38-41-44-47-50-53-56-62(65)68-59-60(58-67-61(64)55-52-49-46-43-40-37-24-21-18-15-12-9-6-3)69-63(66)57-54-51-48-45-42-39-36-34-32-30-28-26-23-20-17-14-11-8-5-2/h7-13,15-22,24-29,31-35,37-42,60H,4-6,14,23,30,36,43-59H2,1-3H3/b10-7-,11-8-,12-9-,16-13-,18-15-,20-17-,22-19-,24-21-,27-25-,28-26-,31-29+,34-32-,35-33-,40-37-,41-38-,42-39-. The van der Waals surface area contributed by atoms with E-state index in [2.05, 4.69) is 106 Å². The zero-order valence-electron chi connectivity index (χ0n) is 43.0. The van der Waals surface area contributed by atoms with E-state index in [4.69, 9.17) is 14.2 Å². The van der Waals surface area contributed by atoms with Crippen molar-refractivity contribution in [2.75, 3.05) is 13.2 Å². The van der Waals surface area contributed by atoms with Gasteiger partial charge in [-0.15, -0.1) is 0 Å². The minimum Gasteiger partial charge on any atom is -0.462 e. The second kappa shape index (κ2) is 54.9. The van der Waals surface area contributed by atoms with Crippen LogP contribution in [0.1, 0.15) is 162 Å². The molecule has 0 amide bonds. The molecule has 1 unspecified atom stereocenters. The lowest BCUT2D eigenvalue weighted by molar-refractivity contribution is -0.167. The highest BCUT2D eigenvalue weighted by atomic mass is 16.6.